The van der Waals surface area contributed by atoms with Crippen molar-refractivity contribution in [1.82, 2.24) is 4.72 Å². The van der Waals surface area contributed by atoms with Gasteiger partial charge in [0.05, 0.1) is 12.0 Å². The topological polar surface area (TPSA) is 128 Å². The molecule has 1 amide bonds. The van der Waals surface area contributed by atoms with E-state index in [1.165, 1.54) is 50.4 Å². The van der Waals surface area contributed by atoms with Crippen LogP contribution in [0.1, 0.15) is 37.0 Å². The Hall–Kier alpha value is -3.24. The maximum Gasteiger partial charge on any atom is 0.324 e. The summed E-state index contributed by atoms with van der Waals surface area (Å²) in [6.45, 7) is 2.67. The predicted molar refractivity (Wildman–Crippen MR) is 118 cm³/mol. The number of nitrogens with one attached hydrogen (secondary N) is 2. The summed E-state index contributed by atoms with van der Waals surface area (Å²) in [6.07, 6.45) is 1.12. The molecule has 0 unspecified atom stereocenters. The Balaban J connectivity index is 1.89. The molecule has 0 aromatic heterocycles. The number of amides is 1. The number of hydrogen-bond acceptors (Lipinski definition) is 7. The zero-order chi connectivity index (χ0) is 23.7. The lowest BCUT2D eigenvalue weighted by atomic mass is 10.1. The normalized spacial score (nSPS) is 12.0. The monoisotopic (exact) mass is 462 g/mol. The fourth-order valence-electron chi connectivity index (χ4n) is 2.64. The first-order chi connectivity index (χ1) is 15.2. The van der Waals surface area contributed by atoms with Gasteiger partial charge in [0.2, 0.25) is 15.9 Å². The number of ketones is 1. The lowest BCUT2D eigenvalue weighted by Crippen LogP contribution is -2.40. The number of benzene rings is 2. The van der Waals surface area contributed by atoms with Crippen LogP contribution in [0.5, 0.6) is 5.75 Å². The minimum atomic E-state index is -3.97. The Labute approximate surface area is 187 Å². The van der Waals surface area contributed by atoms with Gasteiger partial charge in [0.15, 0.2) is 12.4 Å². The van der Waals surface area contributed by atoms with Crippen LogP contribution in [-0.4, -0.2) is 45.8 Å². The molecule has 32 heavy (non-hydrogen) atoms. The average molecular weight is 463 g/mol. The Bertz CT molecular complexity index is 1050. The van der Waals surface area contributed by atoms with Crippen LogP contribution in [0, 0.1) is 0 Å². The van der Waals surface area contributed by atoms with Gasteiger partial charge in [-0.25, -0.2) is 8.42 Å². The number of anilines is 1. The zero-order valence-electron chi connectivity index (χ0n) is 18.1. The van der Waals surface area contributed by atoms with Crippen LogP contribution < -0.4 is 14.8 Å². The molecule has 0 saturated heterocycles. The number of Topliss-reactive ketones (excluding diaryl/α,β-unsaturated/α-hetero) is 1. The maximum atomic E-state index is 12.4. The number of sulfonamides is 1. The van der Waals surface area contributed by atoms with Gasteiger partial charge >= 0.3 is 5.97 Å². The molecule has 0 aliphatic heterocycles. The van der Waals surface area contributed by atoms with Crippen molar-refractivity contribution in [3.63, 3.8) is 0 Å². The molecule has 2 aromatic rings. The number of rotatable bonds is 11. The largest absolute Gasteiger partial charge is 0.497 e. The van der Waals surface area contributed by atoms with Crippen LogP contribution in [0.3, 0.4) is 0 Å². The molecular weight excluding hydrogens is 436 g/mol. The molecule has 0 spiro atoms. The maximum absolute atomic E-state index is 12.4. The number of carbonyl (C=O) groups excluding carboxylic acids is 3. The van der Waals surface area contributed by atoms with Crippen molar-refractivity contribution in [2.24, 2.45) is 0 Å². The Morgan fingerprint density at radius 3 is 2.19 bits per heavy atom. The number of methoxy groups -OCH3 is 1. The molecule has 10 heteroatoms. The van der Waals surface area contributed by atoms with Gasteiger partial charge in [-0.2, -0.15) is 4.72 Å². The van der Waals surface area contributed by atoms with Crippen LogP contribution in [0.15, 0.2) is 53.4 Å². The summed E-state index contributed by atoms with van der Waals surface area (Å²) in [5, 5.41) is 2.71. The van der Waals surface area contributed by atoms with Crippen molar-refractivity contribution >= 4 is 33.4 Å². The van der Waals surface area contributed by atoms with E-state index in [1.807, 2.05) is 6.92 Å². The highest BCUT2D eigenvalue weighted by molar-refractivity contribution is 7.89. The molecule has 0 aliphatic rings. The summed E-state index contributed by atoms with van der Waals surface area (Å²) in [5.41, 5.74) is 0.844. The van der Waals surface area contributed by atoms with Crippen LogP contribution in [-0.2, 0) is 24.3 Å². The van der Waals surface area contributed by atoms with Crippen molar-refractivity contribution in [3.05, 3.63) is 54.1 Å². The van der Waals surface area contributed by atoms with Crippen LogP contribution in [0.25, 0.3) is 0 Å². The van der Waals surface area contributed by atoms with E-state index >= 15 is 0 Å². The van der Waals surface area contributed by atoms with E-state index in [-0.39, 0.29) is 16.4 Å². The lowest BCUT2D eigenvalue weighted by Gasteiger charge is -2.14. The third-order valence-electron chi connectivity index (χ3n) is 4.37. The SMILES string of the molecule is CCCC(=O)Nc1ccc(C(=O)COC(=O)[C@H](C)NS(=O)(=O)c2ccc(OC)cc2)cc1. The molecule has 0 heterocycles. The van der Waals surface area contributed by atoms with Gasteiger partial charge in [-0.3, -0.25) is 14.4 Å². The molecule has 2 aromatic carbocycles. The number of ether oxygens (including phenoxy) is 2. The highest BCUT2D eigenvalue weighted by Crippen LogP contribution is 2.16. The van der Waals surface area contributed by atoms with Crippen molar-refractivity contribution in [2.75, 3.05) is 19.0 Å². The molecule has 0 aliphatic carbocycles. The van der Waals surface area contributed by atoms with Gasteiger partial charge in [0.25, 0.3) is 0 Å². The second-order valence-electron chi connectivity index (χ2n) is 6.92. The standard InChI is InChI=1S/C22H26N2O7S/c1-4-5-21(26)23-17-8-6-16(7-9-17)20(25)14-31-22(27)15(2)24-32(28,29)19-12-10-18(30-3)11-13-19/h6-13,15,24H,4-5,14H2,1-3H3,(H,23,26)/t15-/m0/s1. The van der Waals surface area contributed by atoms with E-state index in [9.17, 15) is 22.8 Å². The molecule has 0 radical (unpaired) electrons. The zero-order valence-corrected chi connectivity index (χ0v) is 18.9. The first-order valence-corrected chi connectivity index (χ1v) is 11.4. The Morgan fingerprint density at radius 2 is 1.62 bits per heavy atom. The van der Waals surface area contributed by atoms with E-state index in [0.29, 0.717) is 17.9 Å². The predicted octanol–water partition coefficient (Wildman–Crippen LogP) is 2.53. The number of hydrogen-bond donors (Lipinski definition) is 2. The summed E-state index contributed by atoms with van der Waals surface area (Å²) in [4.78, 5) is 36.0. The summed E-state index contributed by atoms with van der Waals surface area (Å²) >= 11 is 0. The van der Waals surface area contributed by atoms with E-state index < -0.39 is 34.4 Å². The van der Waals surface area contributed by atoms with Gasteiger partial charge in [-0.15, -0.1) is 0 Å². The molecular formula is C22H26N2O7S. The lowest BCUT2D eigenvalue weighted by molar-refractivity contribution is -0.144. The third-order valence-corrected chi connectivity index (χ3v) is 5.93. The van der Waals surface area contributed by atoms with E-state index in [4.69, 9.17) is 9.47 Å². The second-order valence-corrected chi connectivity index (χ2v) is 8.64. The van der Waals surface area contributed by atoms with Gasteiger partial charge in [-0.1, -0.05) is 6.92 Å². The Morgan fingerprint density at radius 1 is 1.00 bits per heavy atom. The van der Waals surface area contributed by atoms with Crippen molar-refractivity contribution in [3.8, 4) is 5.75 Å². The minimum Gasteiger partial charge on any atom is -0.497 e. The van der Waals surface area contributed by atoms with Crippen molar-refractivity contribution < 1.29 is 32.3 Å². The van der Waals surface area contributed by atoms with Gasteiger partial charge in [0.1, 0.15) is 11.8 Å². The molecule has 1 atom stereocenters. The molecule has 172 valence electrons. The number of esters is 1. The quantitative estimate of drug-likeness (QED) is 0.388. The van der Waals surface area contributed by atoms with Gasteiger partial charge < -0.3 is 14.8 Å². The highest BCUT2D eigenvalue weighted by atomic mass is 32.2. The fraction of sp³-hybridized carbons (Fsp3) is 0.318. The molecule has 2 N–H and O–H groups in total. The van der Waals surface area contributed by atoms with Crippen LogP contribution in [0.4, 0.5) is 5.69 Å². The van der Waals surface area contributed by atoms with Crippen molar-refractivity contribution in [1.29, 1.82) is 0 Å². The summed E-state index contributed by atoms with van der Waals surface area (Å²) in [7, 11) is -2.51. The number of carbonyl (C=O) groups is 3. The van der Waals surface area contributed by atoms with Gasteiger partial charge in [-0.05, 0) is 61.9 Å². The molecule has 0 saturated carbocycles. The van der Waals surface area contributed by atoms with E-state index in [1.54, 1.807) is 12.1 Å². The molecule has 0 bridgehead atoms. The second kappa shape index (κ2) is 11.4. The van der Waals surface area contributed by atoms with Crippen LogP contribution in [0.2, 0.25) is 0 Å². The molecule has 2 rings (SSSR count). The van der Waals surface area contributed by atoms with Crippen molar-refractivity contribution in [2.45, 2.75) is 37.6 Å². The summed E-state index contributed by atoms with van der Waals surface area (Å²) in [5.74, 6) is -0.980. The third kappa shape index (κ3) is 7.17. The highest BCUT2D eigenvalue weighted by Gasteiger charge is 2.24. The summed E-state index contributed by atoms with van der Waals surface area (Å²) < 4.78 is 37.0. The van der Waals surface area contributed by atoms with Crippen LogP contribution >= 0.6 is 0 Å². The first kappa shape index (κ1) is 25.0. The Kier molecular flexibility index (Phi) is 8.91. The van der Waals surface area contributed by atoms with E-state index in [0.717, 1.165) is 6.42 Å². The minimum absolute atomic E-state index is 0.0415. The molecule has 9 nitrogen and oxygen atoms in total. The summed E-state index contributed by atoms with van der Waals surface area (Å²) in [6, 6.07) is 10.6. The first-order valence-electron chi connectivity index (χ1n) is 9.92. The smallest absolute Gasteiger partial charge is 0.324 e. The fourth-order valence-corrected chi connectivity index (χ4v) is 3.83. The van der Waals surface area contributed by atoms with Gasteiger partial charge in [0, 0.05) is 17.7 Å². The van der Waals surface area contributed by atoms with E-state index in [2.05, 4.69) is 10.0 Å². The average Bonchev–Trinajstić information content (AvgIpc) is 2.77. The molecule has 0 fully saturated rings.